The number of hydrogen-bond donors (Lipinski definition) is 2. The summed E-state index contributed by atoms with van der Waals surface area (Å²) in [5.41, 5.74) is 4.70. The Morgan fingerprint density at radius 1 is 0.980 bits per heavy atom. The van der Waals surface area contributed by atoms with Gasteiger partial charge < -0.3 is 14.7 Å². The summed E-state index contributed by atoms with van der Waals surface area (Å²) >= 11 is 8.43. The van der Waals surface area contributed by atoms with Gasteiger partial charge >= 0.3 is 6.16 Å². The van der Waals surface area contributed by atoms with E-state index in [2.05, 4.69) is 10.3 Å². The molecular weight excluding hydrogens is 660 g/mol. The number of para-hydroxylation sites is 1. The Kier molecular flexibility index (Phi) is 7.39. The van der Waals surface area contributed by atoms with Gasteiger partial charge in [0.2, 0.25) is 5.88 Å². The number of carbonyl (C=O) groups is 2. The van der Waals surface area contributed by atoms with Crippen LogP contribution in [-0.2, 0) is 19.5 Å². The summed E-state index contributed by atoms with van der Waals surface area (Å²) in [7, 11) is 0. The highest BCUT2D eigenvalue weighted by atomic mass is 35.5. The number of rotatable bonds is 7. The predicted octanol–water partition coefficient (Wildman–Crippen LogP) is 8.30. The maximum atomic E-state index is 13.5. The summed E-state index contributed by atoms with van der Waals surface area (Å²) in [4.78, 5) is 36.7. The summed E-state index contributed by atoms with van der Waals surface area (Å²) in [6.07, 6.45) is 8.74. The molecule has 0 unspecified atom stereocenters. The van der Waals surface area contributed by atoms with Crippen LogP contribution in [0.25, 0.3) is 21.3 Å². The first-order chi connectivity index (χ1) is 23.8. The van der Waals surface area contributed by atoms with E-state index in [1.165, 1.54) is 49.9 Å². The van der Waals surface area contributed by atoms with Crippen LogP contribution in [-0.4, -0.2) is 43.5 Å². The number of pyridine rings is 1. The predicted molar refractivity (Wildman–Crippen MR) is 188 cm³/mol. The largest absolute Gasteiger partial charge is 0.512 e. The lowest BCUT2D eigenvalue weighted by Gasteiger charge is -2.56. The highest BCUT2D eigenvalue weighted by molar-refractivity contribution is 7.22. The molecule has 49 heavy (non-hydrogen) atoms. The lowest BCUT2D eigenvalue weighted by atomic mass is 9.49. The molecule has 5 aromatic rings. The van der Waals surface area contributed by atoms with E-state index in [1.807, 2.05) is 58.1 Å². The van der Waals surface area contributed by atoms with E-state index in [-0.39, 0.29) is 17.2 Å². The Labute approximate surface area is 292 Å². The summed E-state index contributed by atoms with van der Waals surface area (Å²) in [5, 5.41) is 18.4. The number of nitrogens with one attached hydrogen (secondary N) is 1. The van der Waals surface area contributed by atoms with E-state index < -0.39 is 6.16 Å². The summed E-state index contributed by atoms with van der Waals surface area (Å²) in [6.45, 7) is 1.83. The second-order valence-electron chi connectivity index (χ2n) is 14.4. The van der Waals surface area contributed by atoms with Gasteiger partial charge in [0.15, 0.2) is 5.13 Å². The average Bonchev–Trinajstić information content (AvgIpc) is 3.65. The molecule has 4 aliphatic carbocycles. The number of thiazole rings is 1. The quantitative estimate of drug-likeness (QED) is 0.163. The van der Waals surface area contributed by atoms with Crippen LogP contribution < -0.4 is 15.0 Å². The van der Waals surface area contributed by atoms with Crippen LogP contribution in [0.3, 0.4) is 0 Å². The van der Waals surface area contributed by atoms with Crippen molar-refractivity contribution in [3.63, 3.8) is 0 Å². The number of amides is 1. The summed E-state index contributed by atoms with van der Waals surface area (Å²) in [5.74, 6) is 2.73. The normalized spacial score (nSPS) is 23.9. The van der Waals surface area contributed by atoms with Gasteiger partial charge in [-0.3, -0.25) is 14.8 Å². The Morgan fingerprint density at radius 2 is 1.76 bits per heavy atom. The Hall–Kier alpha value is -4.48. The molecule has 0 radical (unpaired) electrons. The molecule has 250 valence electrons. The summed E-state index contributed by atoms with van der Waals surface area (Å²) < 4.78 is 8.16. The SMILES string of the molecule is O=C(O)Oc1nc(N2CCc3cccc(C(=O)Nc4nc5ccccc5s4)c3C2)ccc1-c1cnn(CC23CC4CC(CC(C4)C2)C3)c1Cl. The number of ether oxygens (including phenoxy) is 1. The van der Waals surface area contributed by atoms with Gasteiger partial charge in [-0.2, -0.15) is 10.1 Å². The minimum atomic E-state index is -1.46. The van der Waals surface area contributed by atoms with Crippen molar-refractivity contribution in [1.82, 2.24) is 19.7 Å². The Bertz CT molecular complexity index is 2060. The number of nitrogens with zero attached hydrogens (tertiary/aromatic N) is 5. The fourth-order valence-corrected chi connectivity index (χ4v) is 10.6. The van der Waals surface area contributed by atoms with Crippen LogP contribution >= 0.6 is 22.9 Å². The molecule has 1 amide bonds. The van der Waals surface area contributed by atoms with E-state index in [4.69, 9.17) is 26.4 Å². The molecule has 2 aromatic carbocycles. The topological polar surface area (TPSA) is 122 Å². The fraction of sp³-hybridized carbons (Fsp3) is 0.378. The first-order valence-electron chi connectivity index (χ1n) is 17.0. The van der Waals surface area contributed by atoms with Crippen molar-refractivity contribution >= 4 is 56.2 Å². The number of halogens is 1. The average molecular weight is 695 g/mol. The van der Waals surface area contributed by atoms with Crippen molar-refractivity contribution in [2.75, 3.05) is 16.8 Å². The van der Waals surface area contributed by atoms with Crippen molar-refractivity contribution in [2.24, 2.45) is 23.2 Å². The number of carboxylic acid groups (broad SMARTS) is 1. The van der Waals surface area contributed by atoms with E-state index in [0.717, 1.165) is 45.6 Å². The van der Waals surface area contributed by atoms with Crippen LogP contribution in [0.15, 0.2) is 60.8 Å². The third-order valence-corrected chi connectivity index (χ3v) is 12.5. The van der Waals surface area contributed by atoms with Crippen molar-refractivity contribution in [3.05, 3.63) is 82.6 Å². The number of aromatic nitrogens is 4. The van der Waals surface area contributed by atoms with Gasteiger partial charge in [-0.25, -0.2) is 9.78 Å². The van der Waals surface area contributed by atoms with Crippen LogP contribution in [0.4, 0.5) is 15.7 Å². The molecule has 3 aromatic heterocycles. The van der Waals surface area contributed by atoms with Crippen molar-refractivity contribution in [1.29, 1.82) is 0 Å². The molecule has 0 spiro atoms. The van der Waals surface area contributed by atoms with Crippen LogP contribution in [0, 0.1) is 23.2 Å². The summed E-state index contributed by atoms with van der Waals surface area (Å²) in [6, 6.07) is 17.2. The molecule has 10 nitrogen and oxygen atoms in total. The highest BCUT2D eigenvalue weighted by Gasteiger charge is 2.51. The zero-order valence-corrected chi connectivity index (χ0v) is 28.3. The molecule has 0 saturated heterocycles. The second-order valence-corrected chi connectivity index (χ2v) is 15.8. The maximum Gasteiger partial charge on any atom is 0.512 e. The van der Waals surface area contributed by atoms with Crippen molar-refractivity contribution in [3.8, 4) is 17.0 Å². The number of benzene rings is 2. The van der Waals surface area contributed by atoms with Gasteiger partial charge in [-0.05, 0) is 110 Å². The zero-order valence-electron chi connectivity index (χ0n) is 26.8. The van der Waals surface area contributed by atoms with Crippen molar-refractivity contribution in [2.45, 2.75) is 58.0 Å². The molecule has 4 fully saturated rings. The molecule has 4 saturated carbocycles. The maximum absolute atomic E-state index is 13.5. The zero-order chi connectivity index (χ0) is 33.3. The standard InChI is InChI=1S/C37H35ClN6O4S/c38-32-27(18-39-44(32)20-37-15-21-12-22(16-37)14-23(13-21)17-37)26-8-9-31(41-34(26)48-36(46)47)43-11-10-24-4-3-5-25(28(24)19-43)33(45)42-35-40-29-6-1-2-7-30(29)49-35/h1-9,18,21-23H,10-17,19-20H2,(H,46,47)(H,40,42,45). The fourth-order valence-electron chi connectivity index (χ4n) is 9.51. The van der Waals surface area contributed by atoms with Gasteiger partial charge in [0, 0.05) is 36.3 Å². The lowest BCUT2D eigenvalue weighted by molar-refractivity contribution is -0.0635. The van der Waals surface area contributed by atoms with Crippen LogP contribution in [0.1, 0.15) is 60.0 Å². The third kappa shape index (κ3) is 5.62. The molecule has 12 heteroatoms. The van der Waals surface area contributed by atoms with Gasteiger partial charge in [0.25, 0.3) is 5.91 Å². The monoisotopic (exact) mass is 694 g/mol. The van der Waals surface area contributed by atoms with Gasteiger partial charge in [0.05, 0.1) is 16.4 Å². The molecule has 5 aliphatic rings. The second kappa shape index (κ2) is 11.8. The van der Waals surface area contributed by atoms with E-state index >= 15 is 0 Å². The van der Waals surface area contributed by atoms with E-state index in [1.54, 1.807) is 12.3 Å². The minimum Gasteiger partial charge on any atom is -0.449 e. The third-order valence-electron chi connectivity index (χ3n) is 11.1. The molecule has 0 atom stereocenters. The van der Waals surface area contributed by atoms with Gasteiger partial charge in [0.1, 0.15) is 11.0 Å². The van der Waals surface area contributed by atoms with Gasteiger partial charge in [-0.1, -0.05) is 47.2 Å². The molecule has 4 bridgehead atoms. The first-order valence-corrected chi connectivity index (χ1v) is 18.1. The first kappa shape index (κ1) is 30.6. The molecule has 2 N–H and O–H groups in total. The number of carbonyl (C=O) groups excluding carboxylic acids is 1. The number of anilines is 2. The Morgan fingerprint density at radius 3 is 2.51 bits per heavy atom. The molecule has 4 heterocycles. The number of hydrogen-bond acceptors (Lipinski definition) is 8. The van der Waals surface area contributed by atoms with Crippen molar-refractivity contribution < 1.29 is 19.4 Å². The highest BCUT2D eigenvalue weighted by Crippen LogP contribution is 2.60. The smallest absolute Gasteiger partial charge is 0.449 e. The van der Waals surface area contributed by atoms with E-state index in [0.29, 0.717) is 52.3 Å². The molecule has 1 aliphatic heterocycles. The van der Waals surface area contributed by atoms with Crippen LogP contribution in [0.5, 0.6) is 5.88 Å². The Balaban J connectivity index is 0.976. The van der Waals surface area contributed by atoms with Crippen LogP contribution in [0.2, 0.25) is 5.15 Å². The minimum absolute atomic E-state index is 0.0473. The van der Waals surface area contributed by atoms with E-state index in [9.17, 15) is 14.7 Å². The molecular formula is C37H35ClN6O4S. The number of fused-ring (bicyclic) bond motifs is 2. The lowest BCUT2D eigenvalue weighted by Crippen LogP contribution is -2.48. The molecule has 10 rings (SSSR count). The van der Waals surface area contributed by atoms with Gasteiger partial charge in [-0.15, -0.1) is 0 Å².